The van der Waals surface area contributed by atoms with Crippen LogP contribution in [0, 0.1) is 13.8 Å². The van der Waals surface area contributed by atoms with Crippen LogP contribution in [0.3, 0.4) is 0 Å². The molecule has 1 aliphatic rings. The molecule has 0 saturated carbocycles. The second-order valence-corrected chi connectivity index (χ2v) is 13.0. The lowest BCUT2D eigenvalue weighted by Crippen LogP contribution is -2.41. The number of aromatic nitrogens is 8. The molecule has 2 atom stereocenters. The van der Waals surface area contributed by atoms with Gasteiger partial charge in [0.15, 0.2) is 5.65 Å². The van der Waals surface area contributed by atoms with Crippen molar-refractivity contribution in [3.05, 3.63) is 119 Å². The number of ether oxygens (including phenoxy) is 1. The van der Waals surface area contributed by atoms with Gasteiger partial charge in [-0.05, 0) is 56.3 Å². The number of anilines is 1. The third-order valence-corrected chi connectivity index (χ3v) is 9.58. The van der Waals surface area contributed by atoms with Crippen molar-refractivity contribution in [3.63, 3.8) is 0 Å². The summed E-state index contributed by atoms with van der Waals surface area (Å²) in [4.78, 5) is 45.9. The smallest absolute Gasteiger partial charge is 0.328 e. The number of amides is 2. The molecule has 0 unspecified atom stereocenters. The maximum Gasteiger partial charge on any atom is 0.328 e. The van der Waals surface area contributed by atoms with Gasteiger partial charge in [0.1, 0.15) is 17.3 Å². The fourth-order valence-corrected chi connectivity index (χ4v) is 6.93. The summed E-state index contributed by atoms with van der Waals surface area (Å²) in [6.07, 6.45) is 5.32. The van der Waals surface area contributed by atoms with Crippen molar-refractivity contribution >= 4 is 51.6 Å². The highest BCUT2D eigenvalue weighted by Gasteiger charge is 2.42. The van der Waals surface area contributed by atoms with Crippen LogP contribution in [0.1, 0.15) is 44.6 Å². The normalized spacial score (nSPS) is 15.7. The third kappa shape index (κ3) is 5.82. The number of likely N-dealkylation sites (tertiary alicyclic amines) is 1. The van der Waals surface area contributed by atoms with Crippen LogP contribution in [0.4, 0.5) is 5.69 Å². The highest BCUT2D eigenvalue weighted by Crippen LogP contribution is 2.33. The van der Waals surface area contributed by atoms with E-state index < -0.39 is 17.9 Å². The molecule has 15 heteroatoms. The number of benzene rings is 3. The monoisotopic (exact) mass is 714 g/mol. The molecule has 14 nitrogen and oxygen atoms in total. The van der Waals surface area contributed by atoms with E-state index in [1.165, 1.54) is 18.2 Å². The summed E-state index contributed by atoms with van der Waals surface area (Å²) in [5.74, 6) is -1.26. The van der Waals surface area contributed by atoms with Crippen LogP contribution in [0.15, 0.2) is 91.4 Å². The number of nitrogens with zero attached hydrogens (tertiary/aromatic N) is 9. The molecule has 1 N–H and O–H groups in total. The van der Waals surface area contributed by atoms with Crippen LogP contribution < -0.4 is 5.32 Å². The van der Waals surface area contributed by atoms with Gasteiger partial charge >= 0.3 is 5.97 Å². The van der Waals surface area contributed by atoms with Crippen LogP contribution in [0.5, 0.6) is 0 Å². The molecule has 0 aliphatic carbocycles. The second-order valence-electron chi connectivity index (χ2n) is 12.6. The molecule has 52 heavy (non-hydrogen) atoms. The number of hydrogen-bond donors (Lipinski definition) is 1. The number of nitrogens with one attached hydrogen (secondary N) is 1. The summed E-state index contributed by atoms with van der Waals surface area (Å²) in [5.41, 5.74) is 6.33. The van der Waals surface area contributed by atoms with E-state index in [2.05, 4.69) is 30.8 Å². The van der Waals surface area contributed by atoms with Crippen LogP contribution in [0.2, 0.25) is 5.02 Å². The molecule has 1 saturated heterocycles. The van der Waals surface area contributed by atoms with Crippen molar-refractivity contribution in [2.75, 3.05) is 19.0 Å². The third-order valence-electron chi connectivity index (χ3n) is 9.26. The largest absolute Gasteiger partial charge is 0.467 e. The van der Waals surface area contributed by atoms with Crippen LogP contribution in [-0.2, 0) is 9.53 Å². The van der Waals surface area contributed by atoms with Gasteiger partial charge in [0.05, 0.1) is 53.5 Å². The van der Waals surface area contributed by atoms with Gasteiger partial charge in [-0.1, -0.05) is 47.1 Å². The minimum Gasteiger partial charge on any atom is -0.467 e. The number of fused-ring (bicyclic) bond motifs is 2. The molecule has 1 fully saturated rings. The van der Waals surface area contributed by atoms with Crippen LogP contribution in [0.25, 0.3) is 33.5 Å². The Morgan fingerprint density at radius 1 is 0.942 bits per heavy atom. The fraction of sp³-hybridized carbons (Fsp3) is 0.189. The summed E-state index contributed by atoms with van der Waals surface area (Å²) in [5, 5.41) is 21.6. The quantitative estimate of drug-likeness (QED) is 0.212. The SMILES string of the molecule is COC(=O)[C@H]1C[C@@H](n2cc(-c3ccc(NC(=O)c4cnn5c(C)cc(C)nc45)cc3)nn2)CN1C(=O)c1ccc(-n2ncc3ccccc32)cc1Cl. The molecule has 260 valence electrons. The van der Waals surface area contributed by atoms with E-state index in [-0.39, 0.29) is 35.5 Å². The van der Waals surface area contributed by atoms with Crippen molar-refractivity contribution in [3.8, 4) is 16.9 Å². The van der Waals surface area contributed by atoms with E-state index >= 15 is 0 Å². The maximum atomic E-state index is 13.9. The molecule has 0 spiro atoms. The summed E-state index contributed by atoms with van der Waals surface area (Å²) in [7, 11) is 1.30. The Morgan fingerprint density at radius 3 is 2.54 bits per heavy atom. The van der Waals surface area contributed by atoms with Crippen molar-refractivity contribution in [1.82, 2.24) is 44.3 Å². The summed E-state index contributed by atoms with van der Waals surface area (Å²) in [6.45, 7) is 3.97. The molecule has 2 amide bonds. The van der Waals surface area contributed by atoms with Crippen molar-refractivity contribution < 1.29 is 19.1 Å². The Labute approximate surface area is 301 Å². The first-order chi connectivity index (χ1) is 25.2. The summed E-state index contributed by atoms with van der Waals surface area (Å²) < 4.78 is 10.1. The highest BCUT2D eigenvalue weighted by molar-refractivity contribution is 6.34. The van der Waals surface area contributed by atoms with Gasteiger partial charge < -0.3 is 15.0 Å². The van der Waals surface area contributed by atoms with Crippen LogP contribution >= 0.6 is 11.6 Å². The standard InChI is InChI=1S/C37H31ClN10O4/c1-21-14-22(2)47-34(41-21)29(18-40-47)35(49)42-25-10-8-23(9-11-25)31-20-46(44-43-31)27-16-33(37(51)52-3)45(19-27)36(50)28-13-12-26(15-30(28)38)48-32-7-5-4-6-24(32)17-39-48/h4-15,17-18,20,27,33H,16,19H2,1-3H3,(H,42,49)/t27-,33-/m1/s1. The minimum absolute atomic E-state index is 0.186. The number of carbonyl (C=O) groups is 3. The van der Waals surface area contributed by atoms with Gasteiger partial charge in [0, 0.05) is 41.0 Å². The number of para-hydroxylation sites is 1. The molecule has 4 aromatic heterocycles. The molecular weight excluding hydrogens is 684 g/mol. The number of methoxy groups -OCH3 is 1. The Bertz CT molecular complexity index is 2520. The number of halogens is 1. The van der Waals surface area contributed by atoms with E-state index in [1.54, 1.807) is 56.6 Å². The molecule has 0 radical (unpaired) electrons. The molecule has 7 aromatic rings. The van der Waals surface area contributed by atoms with Crippen molar-refractivity contribution in [1.29, 1.82) is 0 Å². The van der Waals surface area contributed by atoms with Gasteiger partial charge in [-0.25, -0.2) is 23.7 Å². The lowest BCUT2D eigenvalue weighted by Gasteiger charge is -2.23. The summed E-state index contributed by atoms with van der Waals surface area (Å²) >= 11 is 6.69. The van der Waals surface area contributed by atoms with E-state index in [4.69, 9.17) is 16.3 Å². The first kappa shape index (κ1) is 32.8. The van der Waals surface area contributed by atoms with Gasteiger partial charge in [-0.3, -0.25) is 9.59 Å². The van der Waals surface area contributed by atoms with Crippen LogP contribution in [-0.4, -0.2) is 81.8 Å². The number of carbonyl (C=O) groups excluding carboxylic acids is 3. The Balaban J connectivity index is 0.978. The molecule has 3 aromatic carbocycles. The zero-order chi connectivity index (χ0) is 36.1. The van der Waals surface area contributed by atoms with E-state index in [9.17, 15) is 14.4 Å². The zero-order valence-corrected chi connectivity index (χ0v) is 29.0. The van der Waals surface area contributed by atoms with Crippen molar-refractivity contribution in [2.45, 2.75) is 32.4 Å². The lowest BCUT2D eigenvalue weighted by atomic mass is 10.1. The Morgan fingerprint density at radius 2 is 1.75 bits per heavy atom. The van der Waals surface area contributed by atoms with Gasteiger partial charge in [-0.15, -0.1) is 5.10 Å². The highest BCUT2D eigenvalue weighted by atomic mass is 35.5. The number of hydrogen-bond acceptors (Lipinski definition) is 9. The number of aryl methyl sites for hydroxylation is 2. The fourth-order valence-electron chi connectivity index (χ4n) is 6.67. The molecular formula is C37H31ClN10O4. The molecule has 0 bridgehead atoms. The van der Waals surface area contributed by atoms with Crippen molar-refractivity contribution in [2.24, 2.45) is 0 Å². The lowest BCUT2D eigenvalue weighted by molar-refractivity contribution is -0.145. The second kappa shape index (κ2) is 13.0. The number of rotatable bonds is 7. The molecule has 5 heterocycles. The van der Waals surface area contributed by atoms with E-state index in [0.717, 1.165) is 27.9 Å². The molecule has 1 aliphatic heterocycles. The van der Waals surface area contributed by atoms with Gasteiger partial charge in [0.2, 0.25) is 0 Å². The van der Waals surface area contributed by atoms with E-state index in [0.29, 0.717) is 28.3 Å². The Hall–Kier alpha value is -6.41. The average Bonchev–Trinajstić information content (AvgIpc) is 3.96. The van der Waals surface area contributed by atoms with Gasteiger partial charge in [0.25, 0.3) is 11.8 Å². The zero-order valence-electron chi connectivity index (χ0n) is 28.3. The minimum atomic E-state index is -0.847. The topological polar surface area (TPSA) is 154 Å². The average molecular weight is 715 g/mol. The first-order valence-electron chi connectivity index (χ1n) is 16.5. The maximum absolute atomic E-state index is 13.9. The Kier molecular flexibility index (Phi) is 8.22. The van der Waals surface area contributed by atoms with E-state index in [1.807, 2.05) is 56.3 Å². The summed E-state index contributed by atoms with van der Waals surface area (Å²) in [6, 6.07) is 20.8. The van der Waals surface area contributed by atoms with Gasteiger partial charge in [-0.2, -0.15) is 10.2 Å². The number of esters is 1. The molecule has 8 rings (SSSR count). The predicted molar refractivity (Wildman–Crippen MR) is 192 cm³/mol. The first-order valence-corrected chi connectivity index (χ1v) is 16.8. The predicted octanol–water partition coefficient (Wildman–Crippen LogP) is 5.48.